The minimum atomic E-state index is 0.0450. The van der Waals surface area contributed by atoms with Crippen LogP contribution < -0.4 is 5.32 Å². The van der Waals surface area contributed by atoms with Gasteiger partial charge in [-0.3, -0.25) is 4.68 Å². The molecule has 0 aliphatic heterocycles. The number of nitrogens with zero attached hydrogens (tertiary/aromatic N) is 3. The predicted molar refractivity (Wildman–Crippen MR) is 88.8 cm³/mol. The van der Waals surface area contributed by atoms with Crippen molar-refractivity contribution >= 4 is 27.3 Å². The molecule has 5 nitrogen and oxygen atoms in total. The second-order valence-electron chi connectivity index (χ2n) is 4.77. The van der Waals surface area contributed by atoms with Crippen molar-refractivity contribution in [1.82, 2.24) is 20.1 Å². The average Bonchev–Trinajstić information content (AvgIpc) is 3.05. The molecule has 0 radical (unpaired) electrons. The van der Waals surface area contributed by atoms with Gasteiger partial charge in [-0.2, -0.15) is 5.10 Å². The summed E-state index contributed by atoms with van der Waals surface area (Å²) in [5, 5.41) is 11.2. The fraction of sp³-hybridized carbons (Fsp3) is 0.571. The zero-order valence-corrected chi connectivity index (χ0v) is 15.0. The van der Waals surface area contributed by atoms with Crippen LogP contribution in [-0.4, -0.2) is 35.0 Å². The molecule has 0 aliphatic carbocycles. The van der Waals surface area contributed by atoms with Gasteiger partial charge in [0.05, 0.1) is 46.3 Å². The van der Waals surface area contributed by atoms with Gasteiger partial charge in [0.2, 0.25) is 0 Å². The molecular formula is C14H21BrN4OS. The lowest BCUT2D eigenvalue weighted by Gasteiger charge is -2.19. The second kappa shape index (κ2) is 8.03. The maximum absolute atomic E-state index is 5.17. The van der Waals surface area contributed by atoms with Gasteiger partial charge in [0.15, 0.2) is 0 Å². The van der Waals surface area contributed by atoms with E-state index in [2.05, 4.69) is 43.6 Å². The molecule has 1 atom stereocenters. The van der Waals surface area contributed by atoms with Gasteiger partial charge in [-0.25, -0.2) is 4.98 Å². The molecule has 7 heteroatoms. The molecule has 116 valence electrons. The number of hydrogen-bond donors (Lipinski definition) is 1. The second-order valence-corrected chi connectivity index (χ2v) is 6.69. The van der Waals surface area contributed by atoms with E-state index in [0.29, 0.717) is 6.61 Å². The Labute approximate surface area is 137 Å². The van der Waals surface area contributed by atoms with Crippen LogP contribution in [0.15, 0.2) is 16.0 Å². The van der Waals surface area contributed by atoms with Crippen LogP contribution in [0.4, 0.5) is 0 Å². The Morgan fingerprint density at radius 2 is 2.33 bits per heavy atom. The topological polar surface area (TPSA) is 52.0 Å². The summed E-state index contributed by atoms with van der Waals surface area (Å²) in [6.07, 6.45) is 2.91. The van der Waals surface area contributed by atoms with E-state index in [-0.39, 0.29) is 6.04 Å². The highest BCUT2D eigenvalue weighted by Crippen LogP contribution is 2.29. The molecular weight excluding hydrogens is 352 g/mol. The molecule has 0 amide bonds. The number of thiazole rings is 1. The first-order chi connectivity index (χ1) is 10.2. The molecule has 2 aromatic heterocycles. The first kappa shape index (κ1) is 16.6. The van der Waals surface area contributed by atoms with Gasteiger partial charge in [-0.1, -0.05) is 6.92 Å². The monoisotopic (exact) mass is 372 g/mol. The fourth-order valence-electron chi connectivity index (χ4n) is 2.16. The quantitative estimate of drug-likeness (QED) is 0.773. The predicted octanol–water partition coefficient (Wildman–Crippen LogP) is 3.15. The number of ether oxygens (including phenoxy) is 1. The zero-order chi connectivity index (χ0) is 15.2. The molecule has 0 aromatic carbocycles. The van der Waals surface area contributed by atoms with Gasteiger partial charge >= 0.3 is 0 Å². The van der Waals surface area contributed by atoms with Gasteiger partial charge in [-0.05, 0) is 35.8 Å². The molecule has 21 heavy (non-hydrogen) atoms. The van der Waals surface area contributed by atoms with Gasteiger partial charge in [0, 0.05) is 12.5 Å². The number of hydrogen-bond acceptors (Lipinski definition) is 5. The highest BCUT2D eigenvalue weighted by atomic mass is 79.9. The van der Waals surface area contributed by atoms with Crippen molar-refractivity contribution in [1.29, 1.82) is 0 Å². The maximum Gasteiger partial charge on any atom is 0.0942 e. The third-order valence-corrected chi connectivity index (χ3v) is 4.55. The number of aromatic nitrogens is 3. The highest BCUT2D eigenvalue weighted by molar-refractivity contribution is 9.10. The third-order valence-electron chi connectivity index (χ3n) is 3.14. The fourth-order valence-corrected chi connectivity index (χ4v) is 3.32. The Morgan fingerprint density at radius 1 is 1.52 bits per heavy atom. The van der Waals surface area contributed by atoms with E-state index in [9.17, 15) is 0 Å². The molecule has 0 saturated heterocycles. The number of halogens is 1. The number of aryl methyl sites for hydroxylation is 1. The Kier molecular flexibility index (Phi) is 6.35. The van der Waals surface area contributed by atoms with Crippen molar-refractivity contribution in [3.63, 3.8) is 0 Å². The zero-order valence-electron chi connectivity index (χ0n) is 12.6. The van der Waals surface area contributed by atoms with E-state index in [4.69, 9.17) is 4.74 Å². The Balaban J connectivity index is 2.33. The summed E-state index contributed by atoms with van der Waals surface area (Å²) in [7, 11) is 1.70. The molecule has 0 fully saturated rings. The van der Waals surface area contributed by atoms with Crippen molar-refractivity contribution in [2.24, 2.45) is 0 Å². The first-order valence-electron chi connectivity index (χ1n) is 7.03. The molecule has 0 bridgehead atoms. The minimum Gasteiger partial charge on any atom is -0.383 e. The summed E-state index contributed by atoms with van der Waals surface area (Å²) < 4.78 is 8.15. The van der Waals surface area contributed by atoms with Crippen LogP contribution in [0.25, 0.3) is 0 Å². The lowest BCUT2D eigenvalue weighted by Crippen LogP contribution is -2.27. The Hall–Kier alpha value is -0.760. The largest absolute Gasteiger partial charge is 0.383 e. The van der Waals surface area contributed by atoms with Crippen LogP contribution in [0.1, 0.15) is 35.8 Å². The molecule has 2 aromatic rings. The van der Waals surface area contributed by atoms with Gasteiger partial charge in [-0.15, -0.1) is 11.3 Å². The summed E-state index contributed by atoms with van der Waals surface area (Å²) in [5.41, 5.74) is 2.15. The lowest BCUT2D eigenvalue weighted by atomic mass is 10.1. The van der Waals surface area contributed by atoms with Crippen LogP contribution in [0, 0.1) is 6.92 Å². The first-order valence-corrected chi connectivity index (χ1v) is 8.70. The van der Waals surface area contributed by atoms with E-state index in [0.717, 1.165) is 40.4 Å². The Morgan fingerprint density at radius 3 is 2.95 bits per heavy atom. The SMILES string of the molecule is CCCNC(c1csc(C)n1)c1c(Br)cnn1CCOC. The van der Waals surface area contributed by atoms with Crippen LogP contribution in [0.5, 0.6) is 0 Å². The minimum absolute atomic E-state index is 0.0450. The number of rotatable bonds is 8. The molecule has 2 heterocycles. The molecule has 0 saturated carbocycles. The van der Waals surface area contributed by atoms with E-state index in [1.807, 2.05) is 17.8 Å². The van der Waals surface area contributed by atoms with E-state index in [1.165, 1.54) is 0 Å². The van der Waals surface area contributed by atoms with Crippen molar-refractivity contribution in [2.45, 2.75) is 32.9 Å². The van der Waals surface area contributed by atoms with Crippen molar-refractivity contribution in [3.05, 3.63) is 32.4 Å². The highest BCUT2D eigenvalue weighted by Gasteiger charge is 2.23. The Bertz CT molecular complexity index is 569. The number of nitrogens with one attached hydrogen (secondary N) is 1. The summed E-state index contributed by atoms with van der Waals surface area (Å²) in [5.74, 6) is 0. The van der Waals surface area contributed by atoms with Gasteiger partial charge in [0.1, 0.15) is 0 Å². The van der Waals surface area contributed by atoms with Crippen LogP contribution >= 0.6 is 27.3 Å². The summed E-state index contributed by atoms with van der Waals surface area (Å²) in [6, 6.07) is 0.0450. The third kappa shape index (κ3) is 4.12. The standard InChI is InChI=1S/C14H21BrN4OS/c1-4-5-16-13(12-9-21-10(2)18-12)14-11(15)8-17-19(14)6-7-20-3/h8-9,13,16H,4-7H2,1-3H3. The van der Waals surface area contributed by atoms with Gasteiger partial charge < -0.3 is 10.1 Å². The number of methoxy groups -OCH3 is 1. The van der Waals surface area contributed by atoms with E-state index < -0.39 is 0 Å². The van der Waals surface area contributed by atoms with Crippen LogP contribution in [-0.2, 0) is 11.3 Å². The summed E-state index contributed by atoms with van der Waals surface area (Å²) in [4.78, 5) is 4.65. The molecule has 2 rings (SSSR count). The smallest absolute Gasteiger partial charge is 0.0942 e. The molecule has 1 unspecified atom stereocenters. The van der Waals surface area contributed by atoms with Crippen LogP contribution in [0.3, 0.4) is 0 Å². The molecule has 0 aliphatic rings. The summed E-state index contributed by atoms with van der Waals surface area (Å²) >= 11 is 5.29. The normalized spacial score (nSPS) is 12.8. The van der Waals surface area contributed by atoms with Crippen molar-refractivity contribution in [3.8, 4) is 0 Å². The van der Waals surface area contributed by atoms with Gasteiger partial charge in [0.25, 0.3) is 0 Å². The lowest BCUT2D eigenvalue weighted by molar-refractivity contribution is 0.182. The van der Waals surface area contributed by atoms with Crippen LogP contribution in [0.2, 0.25) is 0 Å². The van der Waals surface area contributed by atoms with E-state index >= 15 is 0 Å². The average molecular weight is 373 g/mol. The molecule has 1 N–H and O–H groups in total. The van der Waals surface area contributed by atoms with E-state index in [1.54, 1.807) is 18.4 Å². The maximum atomic E-state index is 5.17. The van der Waals surface area contributed by atoms with Crippen molar-refractivity contribution < 1.29 is 4.74 Å². The van der Waals surface area contributed by atoms with Crippen molar-refractivity contribution in [2.75, 3.05) is 20.3 Å². The molecule has 0 spiro atoms. The summed E-state index contributed by atoms with van der Waals surface area (Å²) in [6.45, 7) is 6.49.